The highest BCUT2D eigenvalue weighted by molar-refractivity contribution is 6.18. The number of alkyl halides is 1. The van der Waals surface area contributed by atoms with E-state index in [1.165, 1.54) is 6.20 Å². The molecule has 7 heteroatoms. The van der Waals surface area contributed by atoms with E-state index in [2.05, 4.69) is 16.0 Å². The highest BCUT2D eigenvalue weighted by Gasteiger charge is 2.06. The van der Waals surface area contributed by atoms with Crippen molar-refractivity contribution in [1.82, 2.24) is 16.0 Å². The molecule has 0 aromatic carbocycles. The molecular weight excluding hydrogens is 244 g/mol. The van der Waals surface area contributed by atoms with Gasteiger partial charge in [0.15, 0.2) is 0 Å². The molecular formula is C10H15ClN4O2. The van der Waals surface area contributed by atoms with Crippen LogP contribution in [0.3, 0.4) is 0 Å². The number of hydrogen-bond donors (Lipinski definition) is 3. The fraction of sp³-hybridized carbons (Fsp3) is 0.500. The monoisotopic (exact) mass is 258 g/mol. The second-order valence-electron chi connectivity index (χ2n) is 2.99. The third kappa shape index (κ3) is 8.11. The van der Waals surface area contributed by atoms with E-state index in [0.717, 1.165) is 0 Å². The van der Waals surface area contributed by atoms with Crippen molar-refractivity contribution in [1.29, 1.82) is 5.26 Å². The molecule has 2 amide bonds. The van der Waals surface area contributed by atoms with Crippen molar-refractivity contribution in [2.45, 2.75) is 6.42 Å². The maximum atomic E-state index is 11.3. The number of nitrogens with one attached hydrogen (secondary N) is 3. The van der Waals surface area contributed by atoms with E-state index in [-0.39, 0.29) is 5.57 Å². The molecule has 3 N–H and O–H groups in total. The summed E-state index contributed by atoms with van der Waals surface area (Å²) in [5, 5.41) is 16.5. The summed E-state index contributed by atoms with van der Waals surface area (Å²) in [5.41, 5.74) is -0.00142. The first-order valence-electron chi connectivity index (χ1n) is 5.11. The van der Waals surface area contributed by atoms with Gasteiger partial charge in [0.2, 0.25) is 6.41 Å². The van der Waals surface area contributed by atoms with Crippen LogP contribution in [0.1, 0.15) is 6.42 Å². The van der Waals surface area contributed by atoms with Crippen LogP contribution in [0, 0.1) is 11.3 Å². The van der Waals surface area contributed by atoms with Crippen molar-refractivity contribution in [3.8, 4) is 6.07 Å². The van der Waals surface area contributed by atoms with E-state index in [0.29, 0.717) is 38.3 Å². The van der Waals surface area contributed by atoms with E-state index in [1.807, 2.05) is 0 Å². The molecule has 0 saturated carbocycles. The molecule has 0 aliphatic carbocycles. The summed E-state index contributed by atoms with van der Waals surface area (Å²) in [7, 11) is 0. The van der Waals surface area contributed by atoms with Gasteiger partial charge in [-0.2, -0.15) is 5.26 Å². The lowest BCUT2D eigenvalue weighted by Crippen LogP contribution is -2.27. The first-order chi connectivity index (χ1) is 8.26. The highest BCUT2D eigenvalue weighted by atomic mass is 35.5. The Hall–Kier alpha value is -1.74. The summed E-state index contributed by atoms with van der Waals surface area (Å²) in [4.78, 5) is 21.3. The number of hydrogen-bond acceptors (Lipinski definition) is 4. The molecule has 0 heterocycles. The van der Waals surface area contributed by atoms with Crippen molar-refractivity contribution in [3.63, 3.8) is 0 Å². The van der Waals surface area contributed by atoms with E-state index in [1.54, 1.807) is 6.07 Å². The van der Waals surface area contributed by atoms with Crippen molar-refractivity contribution in [3.05, 3.63) is 11.8 Å². The van der Waals surface area contributed by atoms with Gasteiger partial charge < -0.3 is 16.0 Å². The standard InChI is InChI=1S/C10H15ClN4O2/c11-2-5-15-10(17)9(6-12)7-13-3-1-4-14-8-16/h7-8,13H,1-5H2,(H,14,16)(H,15,17)/b9-7-. The minimum absolute atomic E-state index is 0.00142. The number of halogens is 1. The third-order valence-corrected chi connectivity index (χ3v) is 1.91. The molecule has 0 radical (unpaired) electrons. The molecule has 0 fully saturated rings. The zero-order chi connectivity index (χ0) is 12.9. The molecule has 6 nitrogen and oxygen atoms in total. The molecule has 0 spiro atoms. The quantitative estimate of drug-likeness (QED) is 0.170. The largest absolute Gasteiger partial charge is 0.390 e. The predicted octanol–water partition coefficient (Wildman–Crippen LogP) is -0.525. The van der Waals surface area contributed by atoms with Gasteiger partial charge in [-0.25, -0.2) is 0 Å². The van der Waals surface area contributed by atoms with E-state index in [4.69, 9.17) is 16.9 Å². The summed E-state index contributed by atoms with van der Waals surface area (Å²) in [5.74, 6) is -0.151. The SMILES string of the molecule is N#C/C(=C/NCCCNC=O)C(=O)NCCCl. The number of amides is 2. The maximum absolute atomic E-state index is 11.3. The van der Waals surface area contributed by atoms with Crippen LogP contribution in [0.4, 0.5) is 0 Å². The molecule has 0 unspecified atom stereocenters. The lowest BCUT2D eigenvalue weighted by atomic mass is 10.3. The van der Waals surface area contributed by atoms with E-state index in [9.17, 15) is 9.59 Å². The number of carbonyl (C=O) groups excluding carboxylic acids is 2. The number of rotatable bonds is 9. The number of carbonyl (C=O) groups is 2. The third-order valence-electron chi connectivity index (χ3n) is 1.72. The van der Waals surface area contributed by atoms with Crippen LogP contribution in [0.5, 0.6) is 0 Å². The summed E-state index contributed by atoms with van der Waals surface area (Å²) in [6, 6.07) is 1.78. The molecule has 0 aromatic heterocycles. The smallest absolute Gasteiger partial charge is 0.263 e. The molecule has 0 aliphatic heterocycles. The van der Waals surface area contributed by atoms with E-state index >= 15 is 0 Å². The lowest BCUT2D eigenvalue weighted by Gasteiger charge is -2.03. The summed E-state index contributed by atoms with van der Waals surface area (Å²) in [6.07, 6.45) is 2.68. The van der Waals surface area contributed by atoms with Gasteiger partial charge in [0.1, 0.15) is 11.6 Å². The van der Waals surface area contributed by atoms with Crippen molar-refractivity contribution < 1.29 is 9.59 Å². The van der Waals surface area contributed by atoms with Crippen LogP contribution in [-0.2, 0) is 9.59 Å². The molecule has 0 saturated heterocycles. The first kappa shape index (κ1) is 15.3. The van der Waals surface area contributed by atoms with Gasteiger partial charge in [-0.1, -0.05) is 0 Å². The zero-order valence-corrected chi connectivity index (χ0v) is 10.1. The highest BCUT2D eigenvalue weighted by Crippen LogP contribution is 1.90. The van der Waals surface area contributed by atoms with Crippen LogP contribution in [-0.4, -0.2) is 37.8 Å². The summed E-state index contributed by atoms with van der Waals surface area (Å²) < 4.78 is 0. The van der Waals surface area contributed by atoms with Crippen LogP contribution in [0.25, 0.3) is 0 Å². The minimum atomic E-state index is -0.452. The average Bonchev–Trinajstić information content (AvgIpc) is 2.35. The van der Waals surface area contributed by atoms with Gasteiger partial charge in [0.05, 0.1) is 0 Å². The maximum Gasteiger partial charge on any atom is 0.263 e. The van der Waals surface area contributed by atoms with Gasteiger partial charge in [-0.3, -0.25) is 9.59 Å². The topological polar surface area (TPSA) is 94.0 Å². The lowest BCUT2D eigenvalue weighted by molar-refractivity contribution is -0.117. The van der Waals surface area contributed by atoms with Crippen LogP contribution in [0.15, 0.2) is 11.8 Å². The van der Waals surface area contributed by atoms with Crippen LogP contribution >= 0.6 is 11.6 Å². The van der Waals surface area contributed by atoms with Gasteiger partial charge in [0.25, 0.3) is 5.91 Å². The Labute approximate surface area is 105 Å². The fourth-order valence-corrected chi connectivity index (χ4v) is 1.02. The molecule has 0 bridgehead atoms. The van der Waals surface area contributed by atoms with Gasteiger partial charge >= 0.3 is 0 Å². The number of nitriles is 1. The predicted molar refractivity (Wildman–Crippen MR) is 64.1 cm³/mol. The van der Waals surface area contributed by atoms with Crippen molar-refractivity contribution in [2.75, 3.05) is 25.5 Å². The van der Waals surface area contributed by atoms with Crippen LogP contribution < -0.4 is 16.0 Å². The molecule has 0 aliphatic rings. The average molecular weight is 259 g/mol. The van der Waals surface area contributed by atoms with Gasteiger partial charge in [-0.05, 0) is 6.42 Å². The minimum Gasteiger partial charge on any atom is -0.390 e. The summed E-state index contributed by atoms with van der Waals surface area (Å²) in [6.45, 7) is 1.43. The Balaban J connectivity index is 3.88. The van der Waals surface area contributed by atoms with E-state index < -0.39 is 5.91 Å². The molecule has 94 valence electrons. The van der Waals surface area contributed by atoms with Gasteiger partial charge in [-0.15, -0.1) is 11.6 Å². The Morgan fingerprint density at radius 3 is 2.59 bits per heavy atom. The summed E-state index contributed by atoms with van der Waals surface area (Å²) >= 11 is 5.40. The Morgan fingerprint density at radius 1 is 1.29 bits per heavy atom. The van der Waals surface area contributed by atoms with Crippen LogP contribution in [0.2, 0.25) is 0 Å². The first-order valence-corrected chi connectivity index (χ1v) is 5.64. The zero-order valence-electron chi connectivity index (χ0n) is 9.33. The second-order valence-corrected chi connectivity index (χ2v) is 3.37. The van der Waals surface area contributed by atoms with Crippen molar-refractivity contribution in [2.24, 2.45) is 0 Å². The number of nitrogens with zero attached hydrogens (tertiary/aromatic N) is 1. The molecule has 17 heavy (non-hydrogen) atoms. The molecule has 0 atom stereocenters. The Morgan fingerprint density at radius 2 is 2.00 bits per heavy atom. The Bertz CT molecular complexity index is 312. The normalized spacial score (nSPS) is 10.2. The molecule has 0 rings (SSSR count). The second kappa shape index (κ2) is 10.8. The Kier molecular flexibility index (Phi) is 9.67. The van der Waals surface area contributed by atoms with Gasteiger partial charge in [0, 0.05) is 31.7 Å². The van der Waals surface area contributed by atoms with Crippen molar-refractivity contribution >= 4 is 23.9 Å². The molecule has 0 aromatic rings. The fourth-order valence-electron chi connectivity index (χ4n) is 0.930.